The van der Waals surface area contributed by atoms with E-state index < -0.39 is 0 Å². The molecule has 0 atom stereocenters. The Morgan fingerprint density at radius 2 is 2.38 bits per heavy atom. The van der Waals surface area contributed by atoms with Gasteiger partial charge in [-0.2, -0.15) is 9.89 Å². The molecule has 1 rings (SSSR count). The van der Waals surface area contributed by atoms with Gasteiger partial charge in [0, 0.05) is 0 Å². The SMILES string of the molecule is Nc1c(Cl)cnn1N. The average Bonchev–Trinajstić information content (AvgIpc) is 1.98. The van der Waals surface area contributed by atoms with Gasteiger partial charge in [-0.25, -0.2) is 0 Å². The zero-order valence-corrected chi connectivity index (χ0v) is 4.76. The second kappa shape index (κ2) is 1.56. The van der Waals surface area contributed by atoms with E-state index in [0.717, 1.165) is 4.79 Å². The second-order valence-corrected chi connectivity index (χ2v) is 1.73. The van der Waals surface area contributed by atoms with Crippen molar-refractivity contribution in [2.75, 3.05) is 11.6 Å². The first-order chi connectivity index (χ1) is 3.72. The molecule has 0 aliphatic heterocycles. The summed E-state index contributed by atoms with van der Waals surface area (Å²) < 4.78 is 0. The molecule has 1 aromatic rings. The van der Waals surface area contributed by atoms with E-state index in [1.54, 1.807) is 0 Å². The van der Waals surface area contributed by atoms with Gasteiger partial charge in [0.25, 0.3) is 0 Å². The van der Waals surface area contributed by atoms with E-state index in [9.17, 15) is 0 Å². The second-order valence-electron chi connectivity index (χ2n) is 1.32. The summed E-state index contributed by atoms with van der Waals surface area (Å²) in [5, 5.41) is 3.94. The fourth-order valence-corrected chi connectivity index (χ4v) is 0.481. The highest BCUT2D eigenvalue weighted by atomic mass is 35.5. The molecule has 4 nitrogen and oxygen atoms in total. The van der Waals surface area contributed by atoms with Gasteiger partial charge in [-0.05, 0) is 0 Å². The predicted octanol–water partition coefficient (Wildman–Crippen LogP) is -0.168. The zero-order chi connectivity index (χ0) is 6.15. The largest absolute Gasteiger partial charge is 0.381 e. The normalized spacial score (nSPS) is 9.62. The van der Waals surface area contributed by atoms with Crippen LogP contribution in [0.25, 0.3) is 0 Å². The molecule has 5 heteroatoms. The number of nitrogens with two attached hydrogens (primary N) is 2. The number of nitrogens with zero attached hydrogens (tertiary/aromatic N) is 2. The summed E-state index contributed by atoms with van der Waals surface area (Å²) in [6, 6.07) is 0. The number of rotatable bonds is 0. The summed E-state index contributed by atoms with van der Waals surface area (Å²) >= 11 is 5.44. The van der Waals surface area contributed by atoms with Crippen molar-refractivity contribution < 1.29 is 0 Å². The molecular weight excluding hydrogens is 128 g/mol. The third-order valence-electron chi connectivity index (χ3n) is 0.787. The quantitative estimate of drug-likeness (QED) is 0.482. The van der Waals surface area contributed by atoms with Crippen molar-refractivity contribution in [1.29, 1.82) is 0 Å². The topological polar surface area (TPSA) is 69.9 Å². The van der Waals surface area contributed by atoms with Crippen molar-refractivity contribution >= 4 is 17.4 Å². The van der Waals surface area contributed by atoms with Crippen LogP contribution in [0.2, 0.25) is 5.02 Å². The Hall–Kier alpha value is -0.900. The van der Waals surface area contributed by atoms with Crippen LogP contribution in [0.4, 0.5) is 5.82 Å². The predicted molar refractivity (Wildman–Crippen MR) is 31.8 cm³/mol. The Balaban J connectivity index is 3.19. The first-order valence-electron chi connectivity index (χ1n) is 1.96. The Morgan fingerprint density at radius 3 is 2.50 bits per heavy atom. The Labute approximate surface area is 51.0 Å². The number of halogens is 1. The molecule has 0 spiro atoms. The Bertz CT molecular complexity index is 174. The van der Waals surface area contributed by atoms with Gasteiger partial charge in [0.15, 0.2) is 5.82 Å². The van der Waals surface area contributed by atoms with Crippen molar-refractivity contribution in [1.82, 2.24) is 9.89 Å². The van der Waals surface area contributed by atoms with E-state index >= 15 is 0 Å². The average molecular weight is 133 g/mol. The molecule has 0 bridgehead atoms. The summed E-state index contributed by atoms with van der Waals surface area (Å²) in [6.07, 6.45) is 1.39. The number of hydrogen-bond acceptors (Lipinski definition) is 3. The number of nitrogen functional groups attached to an aromatic ring is 2. The first-order valence-corrected chi connectivity index (χ1v) is 2.33. The highest BCUT2D eigenvalue weighted by molar-refractivity contribution is 6.32. The van der Waals surface area contributed by atoms with Gasteiger partial charge in [-0.15, -0.1) is 0 Å². The van der Waals surface area contributed by atoms with Gasteiger partial charge in [-0.3, -0.25) is 0 Å². The molecule has 0 aliphatic rings. The van der Waals surface area contributed by atoms with Crippen LogP contribution in [0.3, 0.4) is 0 Å². The highest BCUT2D eigenvalue weighted by Gasteiger charge is 1.98. The molecule has 0 unspecified atom stereocenters. The molecule has 0 saturated heterocycles. The third-order valence-corrected chi connectivity index (χ3v) is 1.08. The summed E-state index contributed by atoms with van der Waals surface area (Å²) in [5.41, 5.74) is 5.25. The maximum absolute atomic E-state index is 5.44. The molecule has 0 aromatic carbocycles. The van der Waals surface area contributed by atoms with Gasteiger partial charge in [0.2, 0.25) is 0 Å². The van der Waals surface area contributed by atoms with Crippen LogP contribution < -0.4 is 11.6 Å². The molecular formula is C3H5ClN4. The molecule has 1 aromatic heterocycles. The minimum atomic E-state index is 0.284. The first kappa shape index (κ1) is 5.24. The molecule has 8 heavy (non-hydrogen) atoms. The van der Waals surface area contributed by atoms with E-state index in [4.69, 9.17) is 23.2 Å². The van der Waals surface area contributed by atoms with E-state index in [1.807, 2.05) is 0 Å². The van der Waals surface area contributed by atoms with Crippen LogP contribution in [0.15, 0.2) is 6.20 Å². The molecule has 0 aliphatic carbocycles. The summed E-state index contributed by atoms with van der Waals surface area (Å²) in [6.45, 7) is 0. The standard InChI is InChI=1S/C3H5ClN4/c4-2-1-7-8(6)3(2)5/h1H,5-6H2. The van der Waals surface area contributed by atoms with Gasteiger partial charge < -0.3 is 11.6 Å². The number of anilines is 1. The molecule has 0 radical (unpaired) electrons. The Kier molecular flexibility index (Phi) is 1.02. The summed E-state index contributed by atoms with van der Waals surface area (Å²) in [5.74, 6) is 5.42. The van der Waals surface area contributed by atoms with Crippen molar-refractivity contribution in [3.05, 3.63) is 11.2 Å². The van der Waals surface area contributed by atoms with Gasteiger partial charge in [-0.1, -0.05) is 11.6 Å². The molecule has 4 N–H and O–H groups in total. The van der Waals surface area contributed by atoms with Gasteiger partial charge >= 0.3 is 0 Å². The lowest BCUT2D eigenvalue weighted by Crippen LogP contribution is -2.12. The maximum atomic E-state index is 5.44. The Morgan fingerprint density at radius 1 is 1.75 bits per heavy atom. The minimum Gasteiger partial charge on any atom is -0.381 e. The summed E-state index contributed by atoms with van der Waals surface area (Å²) in [4.78, 5) is 1.02. The summed E-state index contributed by atoms with van der Waals surface area (Å²) in [7, 11) is 0. The van der Waals surface area contributed by atoms with Crippen molar-refractivity contribution in [2.45, 2.75) is 0 Å². The van der Waals surface area contributed by atoms with Gasteiger partial charge in [0.1, 0.15) is 5.02 Å². The molecule has 0 saturated carbocycles. The molecule has 1 heterocycles. The smallest absolute Gasteiger partial charge is 0.163 e. The van der Waals surface area contributed by atoms with Crippen LogP contribution in [0, 0.1) is 0 Å². The lowest BCUT2D eigenvalue weighted by molar-refractivity contribution is 0.843. The fourth-order valence-electron chi connectivity index (χ4n) is 0.351. The monoisotopic (exact) mass is 132 g/mol. The lowest BCUT2D eigenvalue weighted by Gasteiger charge is -1.89. The minimum absolute atomic E-state index is 0.284. The third kappa shape index (κ3) is 0.586. The van der Waals surface area contributed by atoms with Gasteiger partial charge in [0.05, 0.1) is 6.20 Å². The van der Waals surface area contributed by atoms with Crippen molar-refractivity contribution in [3.8, 4) is 0 Å². The number of aromatic nitrogens is 2. The molecule has 0 amide bonds. The zero-order valence-electron chi connectivity index (χ0n) is 4.00. The molecule has 44 valence electrons. The highest BCUT2D eigenvalue weighted by Crippen LogP contribution is 2.13. The van der Waals surface area contributed by atoms with E-state index in [-0.39, 0.29) is 5.82 Å². The van der Waals surface area contributed by atoms with Crippen molar-refractivity contribution in [2.24, 2.45) is 0 Å². The maximum Gasteiger partial charge on any atom is 0.163 e. The lowest BCUT2D eigenvalue weighted by atomic mass is 10.7. The fraction of sp³-hybridized carbons (Fsp3) is 0. The van der Waals surface area contributed by atoms with E-state index in [2.05, 4.69) is 5.10 Å². The van der Waals surface area contributed by atoms with Crippen LogP contribution in [-0.4, -0.2) is 9.89 Å². The van der Waals surface area contributed by atoms with Crippen LogP contribution in [0.1, 0.15) is 0 Å². The van der Waals surface area contributed by atoms with Crippen LogP contribution in [0.5, 0.6) is 0 Å². The van der Waals surface area contributed by atoms with E-state index in [0.29, 0.717) is 5.02 Å². The molecule has 0 fully saturated rings. The number of hydrogen-bond donors (Lipinski definition) is 2. The van der Waals surface area contributed by atoms with E-state index in [1.165, 1.54) is 6.20 Å². The van der Waals surface area contributed by atoms with Crippen LogP contribution >= 0.6 is 11.6 Å². The van der Waals surface area contributed by atoms with Crippen LogP contribution in [-0.2, 0) is 0 Å². The van der Waals surface area contributed by atoms with Crippen molar-refractivity contribution in [3.63, 3.8) is 0 Å².